The lowest BCUT2D eigenvalue weighted by Crippen LogP contribution is -2.53. The molecular weight excluding hydrogens is 619 g/mol. The van der Waals surface area contributed by atoms with Crippen LogP contribution in [0.2, 0.25) is 0 Å². The molecule has 2 N–H and O–H groups in total. The Balaban J connectivity index is 1.54. The lowest BCUT2D eigenvalue weighted by atomic mass is 9.68. The molecule has 0 aromatic heterocycles. The standard InChI is InChI=1S/C37H39FN2O6S/c1-24-10-4-5-17-34(24)39(3)18-9-19-47(45,46)40-22-31(36(43)26-11-6-13-28(41)20-26)35(30-15-8-16-33(38)25(30)2)32(23-40)37(44)27-12-7-14-29(42)21-27/h4-8,10-17,20-21,31-32,35,41-42H,9,18-19,22-23H2,1-3H3/t31-,32-/m0/s1. The van der Waals surface area contributed by atoms with Crippen molar-refractivity contribution in [2.45, 2.75) is 26.2 Å². The van der Waals surface area contributed by atoms with Crippen LogP contribution in [0.15, 0.2) is 91.0 Å². The number of halogens is 1. The van der Waals surface area contributed by atoms with Gasteiger partial charge in [-0.3, -0.25) is 9.59 Å². The number of hydrogen-bond acceptors (Lipinski definition) is 7. The number of ketones is 2. The van der Waals surface area contributed by atoms with Crippen molar-refractivity contribution in [2.24, 2.45) is 11.8 Å². The SMILES string of the molecule is Cc1ccccc1N(C)CCCS(=O)(=O)N1C[C@H](C(=O)c2cccc(O)c2)C(c2cccc(F)c2C)[C@@H](C(=O)c2cccc(O)c2)C1. The molecule has 2 atom stereocenters. The van der Waals surface area contributed by atoms with E-state index >= 15 is 4.39 Å². The molecule has 8 nitrogen and oxygen atoms in total. The molecule has 0 bridgehead atoms. The maximum Gasteiger partial charge on any atom is 0.214 e. The molecule has 0 unspecified atom stereocenters. The van der Waals surface area contributed by atoms with Gasteiger partial charge in [0.05, 0.1) is 5.75 Å². The van der Waals surface area contributed by atoms with Gasteiger partial charge < -0.3 is 15.1 Å². The van der Waals surface area contributed by atoms with Crippen LogP contribution in [0.1, 0.15) is 49.7 Å². The number of rotatable bonds is 11. The number of anilines is 1. The van der Waals surface area contributed by atoms with Crippen molar-refractivity contribution in [3.63, 3.8) is 0 Å². The lowest BCUT2D eigenvalue weighted by molar-refractivity contribution is 0.0694. The number of phenolic OH excluding ortho intramolecular Hbond substituents is 2. The highest BCUT2D eigenvalue weighted by Gasteiger charge is 2.48. The summed E-state index contributed by atoms with van der Waals surface area (Å²) in [6.45, 7) is 3.56. The zero-order valence-corrected chi connectivity index (χ0v) is 27.5. The molecule has 10 heteroatoms. The van der Waals surface area contributed by atoms with Crippen LogP contribution >= 0.6 is 0 Å². The van der Waals surface area contributed by atoms with E-state index < -0.39 is 45.2 Å². The molecule has 4 aromatic rings. The van der Waals surface area contributed by atoms with E-state index in [1.165, 1.54) is 65.0 Å². The molecule has 5 rings (SSSR count). The Morgan fingerprint density at radius 1 is 0.830 bits per heavy atom. The molecule has 47 heavy (non-hydrogen) atoms. The van der Waals surface area contributed by atoms with Crippen LogP contribution in [0, 0.1) is 31.5 Å². The summed E-state index contributed by atoms with van der Waals surface area (Å²) >= 11 is 0. The Morgan fingerprint density at radius 3 is 1.94 bits per heavy atom. The average molecular weight is 659 g/mol. The normalized spacial score (nSPS) is 17.4. The Kier molecular flexibility index (Phi) is 10.1. The van der Waals surface area contributed by atoms with E-state index in [0.717, 1.165) is 11.3 Å². The molecule has 1 aliphatic heterocycles. The van der Waals surface area contributed by atoms with Crippen molar-refractivity contribution < 1.29 is 32.6 Å². The Hall–Kier alpha value is -4.54. The van der Waals surface area contributed by atoms with E-state index in [1.807, 2.05) is 43.1 Å². The van der Waals surface area contributed by atoms with Crippen LogP contribution in [-0.4, -0.2) is 66.9 Å². The number of carbonyl (C=O) groups excluding carboxylic acids is 2. The quantitative estimate of drug-likeness (QED) is 0.187. The van der Waals surface area contributed by atoms with Gasteiger partial charge in [-0.05, 0) is 73.4 Å². The first kappa shape index (κ1) is 33.8. The number of para-hydroxylation sites is 1. The van der Waals surface area contributed by atoms with Gasteiger partial charge in [-0.1, -0.05) is 54.6 Å². The van der Waals surface area contributed by atoms with Crippen LogP contribution in [0.4, 0.5) is 10.1 Å². The zero-order valence-electron chi connectivity index (χ0n) is 26.6. The highest BCUT2D eigenvalue weighted by Crippen LogP contribution is 2.43. The molecule has 0 spiro atoms. The number of benzene rings is 4. The highest BCUT2D eigenvalue weighted by molar-refractivity contribution is 7.89. The fraction of sp³-hybridized carbons (Fsp3) is 0.297. The zero-order chi connectivity index (χ0) is 33.9. The van der Waals surface area contributed by atoms with Crippen molar-refractivity contribution in [1.29, 1.82) is 0 Å². The number of nitrogens with zero attached hydrogens (tertiary/aromatic N) is 2. The van der Waals surface area contributed by atoms with Crippen molar-refractivity contribution >= 4 is 27.3 Å². The first-order valence-electron chi connectivity index (χ1n) is 15.5. The first-order valence-corrected chi connectivity index (χ1v) is 17.1. The second-order valence-electron chi connectivity index (χ2n) is 12.2. The molecule has 0 radical (unpaired) electrons. The Morgan fingerprint density at radius 2 is 1.38 bits per heavy atom. The minimum Gasteiger partial charge on any atom is -0.508 e. The van der Waals surface area contributed by atoms with E-state index in [0.29, 0.717) is 18.5 Å². The number of phenols is 2. The molecule has 1 aliphatic rings. The predicted octanol–water partition coefficient (Wildman–Crippen LogP) is 6.11. The number of aryl methyl sites for hydroxylation is 1. The van der Waals surface area contributed by atoms with Crippen LogP contribution in [0.3, 0.4) is 0 Å². The minimum atomic E-state index is -3.98. The topological polar surface area (TPSA) is 115 Å². The summed E-state index contributed by atoms with van der Waals surface area (Å²) in [6.07, 6.45) is 0.298. The smallest absolute Gasteiger partial charge is 0.214 e. The summed E-state index contributed by atoms with van der Waals surface area (Å²) in [5, 5.41) is 20.3. The van der Waals surface area contributed by atoms with Gasteiger partial charge in [-0.15, -0.1) is 0 Å². The number of Topliss-reactive ketones (excluding diaryl/α,β-unsaturated/α-hetero) is 2. The summed E-state index contributed by atoms with van der Waals surface area (Å²) in [7, 11) is -2.08. The van der Waals surface area contributed by atoms with Gasteiger partial charge in [0.1, 0.15) is 17.3 Å². The van der Waals surface area contributed by atoms with Crippen molar-refractivity contribution in [1.82, 2.24) is 4.31 Å². The second-order valence-corrected chi connectivity index (χ2v) is 14.3. The van der Waals surface area contributed by atoms with E-state index in [9.17, 15) is 28.2 Å². The van der Waals surface area contributed by atoms with Gasteiger partial charge >= 0.3 is 0 Å². The van der Waals surface area contributed by atoms with Gasteiger partial charge in [-0.2, -0.15) is 0 Å². The minimum absolute atomic E-state index is 0.139. The molecule has 0 aliphatic carbocycles. The number of aromatic hydroxyl groups is 2. The molecule has 0 saturated carbocycles. The molecule has 1 fully saturated rings. The van der Waals surface area contributed by atoms with Crippen LogP contribution in [0.5, 0.6) is 11.5 Å². The van der Waals surface area contributed by atoms with E-state index in [2.05, 4.69) is 0 Å². The second kappa shape index (κ2) is 14.1. The van der Waals surface area contributed by atoms with E-state index in [4.69, 9.17) is 0 Å². The fourth-order valence-electron chi connectivity index (χ4n) is 6.63. The molecule has 1 saturated heterocycles. The molecule has 4 aromatic carbocycles. The summed E-state index contributed by atoms with van der Waals surface area (Å²) in [5.74, 6) is -5.00. The highest BCUT2D eigenvalue weighted by atomic mass is 32.2. The van der Waals surface area contributed by atoms with E-state index in [1.54, 1.807) is 13.0 Å². The van der Waals surface area contributed by atoms with Gasteiger partial charge in [0.15, 0.2) is 11.6 Å². The molecular formula is C37H39FN2O6S. The number of sulfonamides is 1. The van der Waals surface area contributed by atoms with Crippen LogP contribution in [0.25, 0.3) is 0 Å². The largest absolute Gasteiger partial charge is 0.508 e. The monoisotopic (exact) mass is 658 g/mol. The number of carbonyl (C=O) groups is 2. The average Bonchev–Trinajstić information content (AvgIpc) is 3.05. The van der Waals surface area contributed by atoms with Gasteiger partial charge in [-0.25, -0.2) is 17.1 Å². The van der Waals surface area contributed by atoms with Crippen LogP contribution < -0.4 is 4.90 Å². The fourth-order valence-corrected chi connectivity index (χ4v) is 8.16. The summed E-state index contributed by atoms with van der Waals surface area (Å²) in [4.78, 5) is 30.5. The number of piperidine rings is 1. The Labute approximate surface area is 275 Å². The molecule has 246 valence electrons. The third-order valence-corrected chi connectivity index (χ3v) is 11.0. The summed E-state index contributed by atoms with van der Waals surface area (Å²) < 4.78 is 44.2. The maximum atomic E-state index is 15.0. The van der Waals surface area contributed by atoms with Gasteiger partial charge in [0.2, 0.25) is 10.0 Å². The summed E-state index contributed by atoms with van der Waals surface area (Å²) in [6, 6.07) is 23.8. The third kappa shape index (κ3) is 7.39. The van der Waals surface area contributed by atoms with Crippen molar-refractivity contribution in [3.05, 3.63) is 125 Å². The predicted molar refractivity (Wildman–Crippen MR) is 180 cm³/mol. The van der Waals surface area contributed by atoms with Crippen molar-refractivity contribution in [2.75, 3.05) is 37.3 Å². The molecule has 1 heterocycles. The first-order chi connectivity index (χ1) is 22.4. The van der Waals surface area contributed by atoms with Gasteiger partial charge in [0, 0.05) is 61.2 Å². The van der Waals surface area contributed by atoms with Gasteiger partial charge in [0.25, 0.3) is 0 Å². The summed E-state index contributed by atoms with van der Waals surface area (Å²) in [5.41, 5.74) is 3.04. The third-order valence-electron chi connectivity index (χ3n) is 9.09. The van der Waals surface area contributed by atoms with Crippen LogP contribution in [-0.2, 0) is 10.0 Å². The Bertz CT molecular complexity index is 1830. The number of hydrogen-bond donors (Lipinski definition) is 2. The van der Waals surface area contributed by atoms with E-state index in [-0.39, 0.29) is 47.0 Å². The lowest BCUT2D eigenvalue weighted by Gasteiger charge is -2.43. The maximum absolute atomic E-state index is 15.0. The van der Waals surface area contributed by atoms with Crippen molar-refractivity contribution in [3.8, 4) is 11.5 Å². The molecule has 0 amide bonds.